The highest BCUT2D eigenvalue weighted by atomic mass is 32.1. The van der Waals surface area contributed by atoms with Gasteiger partial charge in [-0.2, -0.15) is 0 Å². The normalized spacial score (nSPS) is 16.6. The van der Waals surface area contributed by atoms with E-state index in [0.29, 0.717) is 17.7 Å². The van der Waals surface area contributed by atoms with Crippen molar-refractivity contribution in [3.8, 4) is 11.5 Å². The van der Waals surface area contributed by atoms with E-state index in [1.807, 2.05) is 48.6 Å². The van der Waals surface area contributed by atoms with Crippen LogP contribution in [0.15, 0.2) is 72.8 Å². The molecule has 2 heterocycles. The van der Waals surface area contributed by atoms with Gasteiger partial charge in [0, 0.05) is 32.6 Å². The predicted molar refractivity (Wildman–Crippen MR) is 145 cm³/mol. The maximum atomic E-state index is 13.8. The number of rotatable bonds is 7. The van der Waals surface area contributed by atoms with Crippen molar-refractivity contribution in [1.29, 1.82) is 0 Å². The Morgan fingerprint density at radius 1 is 0.971 bits per heavy atom. The minimum atomic E-state index is -0.00818. The highest BCUT2D eigenvalue weighted by Gasteiger charge is 2.23. The van der Waals surface area contributed by atoms with E-state index in [2.05, 4.69) is 17.1 Å². The van der Waals surface area contributed by atoms with Crippen LogP contribution >= 0.6 is 11.3 Å². The Hall–Kier alpha value is -3.15. The number of hydrogen-bond acceptors (Lipinski definition) is 5. The number of nitrogens with zero attached hydrogens (tertiary/aromatic N) is 1. The van der Waals surface area contributed by atoms with Crippen molar-refractivity contribution in [2.24, 2.45) is 0 Å². The quantitative estimate of drug-likeness (QED) is 0.366. The van der Waals surface area contributed by atoms with Crippen LogP contribution in [0.5, 0.6) is 11.5 Å². The van der Waals surface area contributed by atoms with Crippen LogP contribution < -0.4 is 4.74 Å². The van der Waals surface area contributed by atoms with Crippen LogP contribution in [-0.2, 0) is 0 Å². The Balaban J connectivity index is 1.36. The number of hydrogen-bond donors (Lipinski definition) is 1. The summed E-state index contributed by atoms with van der Waals surface area (Å²) in [5.74, 6) is 0.991. The Morgan fingerprint density at radius 3 is 2.57 bits per heavy atom. The van der Waals surface area contributed by atoms with E-state index in [4.69, 9.17) is 4.74 Å². The molecule has 35 heavy (non-hydrogen) atoms. The summed E-state index contributed by atoms with van der Waals surface area (Å²) in [6.45, 7) is 3.92. The number of ether oxygens (including phenoxy) is 1. The van der Waals surface area contributed by atoms with Crippen LogP contribution in [0.3, 0.4) is 0 Å². The second-order valence-electron chi connectivity index (χ2n) is 9.15. The van der Waals surface area contributed by atoms with E-state index in [0.717, 1.165) is 52.3 Å². The molecule has 0 atom stereocenters. The van der Waals surface area contributed by atoms with Crippen LogP contribution in [0.1, 0.15) is 52.9 Å². The molecular formula is C30H31NO3S. The molecule has 5 heteroatoms. The van der Waals surface area contributed by atoms with E-state index in [-0.39, 0.29) is 11.5 Å². The lowest BCUT2D eigenvalue weighted by Gasteiger charge is -2.19. The minimum absolute atomic E-state index is 0.00818. The lowest BCUT2D eigenvalue weighted by Crippen LogP contribution is -2.29. The molecule has 4 nitrogen and oxygen atoms in total. The topological polar surface area (TPSA) is 49.8 Å². The number of carbonyl (C=O) groups excluding carboxylic acids is 1. The number of phenols is 1. The van der Waals surface area contributed by atoms with E-state index in [1.54, 1.807) is 23.5 Å². The maximum Gasteiger partial charge on any atom is 0.195 e. The molecule has 0 saturated carbocycles. The molecule has 3 aromatic rings. The third kappa shape index (κ3) is 5.58. The van der Waals surface area contributed by atoms with Crippen LogP contribution in [0, 0.1) is 0 Å². The fourth-order valence-electron chi connectivity index (χ4n) is 4.78. The van der Waals surface area contributed by atoms with Gasteiger partial charge in [-0.05, 0) is 80.4 Å². The molecule has 1 aliphatic heterocycles. The van der Waals surface area contributed by atoms with Crippen molar-refractivity contribution in [2.45, 2.75) is 32.1 Å². The zero-order chi connectivity index (χ0) is 24.0. The van der Waals surface area contributed by atoms with Crippen molar-refractivity contribution >= 4 is 32.8 Å². The van der Waals surface area contributed by atoms with Crippen LogP contribution in [0.2, 0.25) is 0 Å². The average molecular weight is 486 g/mol. The molecule has 0 bridgehead atoms. The van der Waals surface area contributed by atoms with Gasteiger partial charge in [-0.25, -0.2) is 0 Å². The summed E-state index contributed by atoms with van der Waals surface area (Å²) in [6, 6.07) is 12.7. The lowest BCUT2D eigenvalue weighted by atomic mass is 9.96. The minimum Gasteiger partial charge on any atom is -0.508 e. The molecule has 2 aromatic carbocycles. The molecule has 180 valence electrons. The molecule has 2 aliphatic rings. The Labute approximate surface area is 210 Å². The SMILES string of the molecule is O=C(c1ccc(OCCN2CCCCCC2)cc1)c1c(C2=CC=CC=CC2)sc2cc(O)ccc12. The van der Waals surface area contributed by atoms with Gasteiger partial charge in [-0.1, -0.05) is 43.2 Å². The highest BCUT2D eigenvalue weighted by Crippen LogP contribution is 2.40. The van der Waals surface area contributed by atoms with E-state index >= 15 is 0 Å². The number of fused-ring (bicyclic) bond motifs is 1. The predicted octanol–water partition coefficient (Wildman–Crippen LogP) is 6.99. The average Bonchev–Trinajstić information content (AvgIpc) is 3.07. The van der Waals surface area contributed by atoms with Crippen LogP contribution in [-0.4, -0.2) is 42.0 Å². The van der Waals surface area contributed by atoms with Crippen LogP contribution in [0.4, 0.5) is 0 Å². The van der Waals surface area contributed by atoms with Crippen molar-refractivity contribution in [3.05, 3.63) is 88.8 Å². The molecule has 1 aliphatic carbocycles. The summed E-state index contributed by atoms with van der Waals surface area (Å²) in [5, 5.41) is 10.9. The zero-order valence-corrected chi connectivity index (χ0v) is 20.7. The van der Waals surface area contributed by atoms with Crippen LogP contribution in [0.25, 0.3) is 15.7 Å². The van der Waals surface area contributed by atoms with Gasteiger partial charge in [-0.15, -0.1) is 11.3 Å². The van der Waals surface area contributed by atoms with E-state index < -0.39 is 0 Å². The van der Waals surface area contributed by atoms with Gasteiger partial charge >= 0.3 is 0 Å². The summed E-state index contributed by atoms with van der Waals surface area (Å²) in [4.78, 5) is 17.2. The smallest absolute Gasteiger partial charge is 0.195 e. The molecule has 1 N–H and O–H groups in total. The molecule has 1 fully saturated rings. The standard InChI is InChI=1S/C30H31NO3S/c32-24-13-16-26-27(21-24)35-30(23-9-5-1-2-6-10-23)28(26)29(33)22-11-14-25(15-12-22)34-20-19-31-17-7-3-4-8-18-31/h1-2,5-6,9,11-16,21,32H,3-4,7-8,10,17-20H2. The third-order valence-corrected chi connectivity index (χ3v) is 7.91. The molecule has 0 spiro atoms. The second kappa shape index (κ2) is 11.1. The van der Waals surface area contributed by atoms with Crippen molar-refractivity contribution in [2.75, 3.05) is 26.2 Å². The highest BCUT2D eigenvalue weighted by molar-refractivity contribution is 7.20. The number of benzene rings is 2. The number of phenolic OH excluding ortho intramolecular Hbond substituents is 1. The van der Waals surface area contributed by atoms with E-state index in [9.17, 15) is 9.90 Å². The molecule has 0 unspecified atom stereocenters. The summed E-state index contributed by atoms with van der Waals surface area (Å²) < 4.78 is 6.90. The van der Waals surface area contributed by atoms with Crippen molar-refractivity contribution in [1.82, 2.24) is 4.90 Å². The second-order valence-corrected chi connectivity index (χ2v) is 10.2. The molecular weight excluding hydrogens is 454 g/mol. The van der Waals surface area contributed by atoms with Crippen molar-refractivity contribution in [3.63, 3.8) is 0 Å². The number of carbonyl (C=O) groups is 1. The fraction of sp³-hybridized carbons (Fsp3) is 0.300. The largest absolute Gasteiger partial charge is 0.508 e. The van der Waals surface area contributed by atoms with Gasteiger partial charge in [0.25, 0.3) is 0 Å². The van der Waals surface area contributed by atoms with Gasteiger partial charge in [0.15, 0.2) is 5.78 Å². The first-order chi connectivity index (χ1) is 17.2. The van der Waals surface area contributed by atoms with Gasteiger partial charge in [0.1, 0.15) is 18.1 Å². The molecule has 5 rings (SSSR count). The number of aromatic hydroxyl groups is 1. The summed E-state index contributed by atoms with van der Waals surface area (Å²) >= 11 is 1.56. The first-order valence-corrected chi connectivity index (χ1v) is 13.3. The molecule has 0 amide bonds. The summed E-state index contributed by atoms with van der Waals surface area (Å²) in [5.41, 5.74) is 2.45. The molecule has 1 aromatic heterocycles. The van der Waals surface area contributed by atoms with E-state index in [1.165, 1.54) is 25.7 Å². The third-order valence-electron chi connectivity index (χ3n) is 6.68. The fourth-order valence-corrected chi connectivity index (χ4v) is 6.05. The number of ketones is 1. The molecule has 1 saturated heterocycles. The summed E-state index contributed by atoms with van der Waals surface area (Å²) in [7, 11) is 0. The summed E-state index contributed by atoms with van der Waals surface area (Å²) in [6.07, 6.45) is 16.2. The first kappa shape index (κ1) is 23.6. The Morgan fingerprint density at radius 2 is 1.77 bits per heavy atom. The monoisotopic (exact) mass is 485 g/mol. The van der Waals surface area contributed by atoms with Gasteiger partial charge < -0.3 is 9.84 Å². The number of thiophene rings is 1. The van der Waals surface area contributed by atoms with Gasteiger partial charge in [0.2, 0.25) is 0 Å². The lowest BCUT2D eigenvalue weighted by molar-refractivity contribution is 0.104. The maximum absolute atomic E-state index is 13.8. The number of likely N-dealkylation sites (tertiary alicyclic amines) is 1. The number of allylic oxidation sites excluding steroid dienone is 6. The molecule has 0 radical (unpaired) electrons. The zero-order valence-electron chi connectivity index (χ0n) is 19.9. The van der Waals surface area contributed by atoms with Gasteiger partial charge in [0.05, 0.1) is 0 Å². The van der Waals surface area contributed by atoms with Crippen molar-refractivity contribution < 1.29 is 14.6 Å². The van der Waals surface area contributed by atoms with Gasteiger partial charge in [-0.3, -0.25) is 9.69 Å². The first-order valence-electron chi connectivity index (χ1n) is 12.5. The Kier molecular flexibility index (Phi) is 7.45. The Bertz CT molecular complexity index is 1270.